The average molecular weight is 475 g/mol. The molecule has 0 bridgehead atoms. The van der Waals surface area contributed by atoms with E-state index in [-0.39, 0.29) is 5.75 Å². The fraction of sp³-hybridized carbons (Fsp3) is 0.375. The zero-order chi connectivity index (χ0) is 24.6. The first-order valence-corrected chi connectivity index (χ1v) is 13.0. The van der Waals surface area contributed by atoms with Crippen molar-refractivity contribution in [3.63, 3.8) is 0 Å². The molecule has 1 nitrogen and oxygen atoms in total. The Labute approximate surface area is 208 Å². The van der Waals surface area contributed by atoms with E-state index < -0.39 is 11.6 Å². The van der Waals surface area contributed by atoms with Gasteiger partial charge in [-0.3, -0.25) is 0 Å². The van der Waals surface area contributed by atoms with Crippen molar-refractivity contribution in [2.45, 2.75) is 64.2 Å². The third-order valence-corrected chi connectivity index (χ3v) is 7.40. The largest absolute Gasteiger partial charge is 0.491 e. The van der Waals surface area contributed by atoms with Crippen molar-refractivity contribution >= 4 is 0 Å². The van der Waals surface area contributed by atoms with Crippen LogP contribution in [0.1, 0.15) is 68.1 Å². The maximum absolute atomic E-state index is 14.4. The number of aryl methyl sites for hydroxylation is 2. The van der Waals surface area contributed by atoms with Gasteiger partial charge in [0.2, 0.25) is 5.82 Å². The molecule has 0 aliphatic heterocycles. The van der Waals surface area contributed by atoms with E-state index in [2.05, 4.69) is 55.1 Å². The number of hydrogen-bond donors (Lipinski definition) is 0. The van der Waals surface area contributed by atoms with Crippen molar-refractivity contribution in [2.24, 2.45) is 5.92 Å². The molecule has 3 heteroatoms. The molecule has 1 aliphatic rings. The van der Waals surface area contributed by atoms with Gasteiger partial charge >= 0.3 is 0 Å². The predicted molar refractivity (Wildman–Crippen MR) is 141 cm³/mol. The molecular weight excluding hydrogens is 438 g/mol. The number of benzene rings is 3. The highest BCUT2D eigenvalue weighted by atomic mass is 19.2. The molecule has 3 aromatic carbocycles. The standard InChI is InChI=1S/C32H36F2O/c1-3-5-6-23-7-12-25(13-8-23)27-17-19-28(20-18-27)26-14-9-24(10-15-26)11-16-29-21-22-30(35-4-2)32(34)31(29)33/h3,7-8,12-13,17-22,24,26H,1,4-6,9-11,14-16H2,2H3. The van der Waals surface area contributed by atoms with Gasteiger partial charge in [0.1, 0.15) is 0 Å². The molecule has 0 atom stereocenters. The number of allylic oxidation sites excluding steroid dienone is 1. The van der Waals surface area contributed by atoms with Crippen LogP contribution in [0.15, 0.2) is 73.3 Å². The van der Waals surface area contributed by atoms with Gasteiger partial charge in [-0.25, -0.2) is 4.39 Å². The van der Waals surface area contributed by atoms with E-state index in [1.54, 1.807) is 19.1 Å². The van der Waals surface area contributed by atoms with Crippen molar-refractivity contribution in [1.29, 1.82) is 0 Å². The molecule has 0 unspecified atom stereocenters. The second-order valence-corrected chi connectivity index (χ2v) is 9.69. The fourth-order valence-corrected chi connectivity index (χ4v) is 5.26. The zero-order valence-electron chi connectivity index (χ0n) is 20.7. The van der Waals surface area contributed by atoms with Crippen LogP contribution in [0.25, 0.3) is 11.1 Å². The lowest BCUT2D eigenvalue weighted by Crippen LogP contribution is -2.14. The normalized spacial score (nSPS) is 17.8. The lowest BCUT2D eigenvalue weighted by Gasteiger charge is -2.29. The quantitative estimate of drug-likeness (QED) is 0.266. The summed E-state index contributed by atoms with van der Waals surface area (Å²) in [5, 5.41) is 0. The van der Waals surface area contributed by atoms with Gasteiger partial charge in [-0.05, 0) is 104 Å². The molecule has 0 N–H and O–H groups in total. The van der Waals surface area contributed by atoms with Gasteiger partial charge in [-0.1, -0.05) is 60.7 Å². The highest BCUT2D eigenvalue weighted by Crippen LogP contribution is 2.38. The van der Waals surface area contributed by atoms with Gasteiger partial charge in [0, 0.05) is 0 Å². The Morgan fingerprint density at radius 3 is 2.11 bits per heavy atom. The Morgan fingerprint density at radius 1 is 0.829 bits per heavy atom. The summed E-state index contributed by atoms with van der Waals surface area (Å²) in [5.41, 5.74) is 5.71. The molecule has 1 aliphatic carbocycles. The molecule has 1 saturated carbocycles. The molecule has 0 aromatic heterocycles. The summed E-state index contributed by atoms with van der Waals surface area (Å²) < 4.78 is 33.7. The SMILES string of the molecule is C=CCCc1ccc(-c2ccc(C3CCC(CCc4ccc(OCC)c(F)c4F)CC3)cc2)cc1. The topological polar surface area (TPSA) is 9.23 Å². The Hall–Kier alpha value is -2.94. The minimum atomic E-state index is -0.861. The third kappa shape index (κ3) is 6.39. The summed E-state index contributed by atoms with van der Waals surface area (Å²) in [7, 11) is 0. The molecule has 4 rings (SSSR count). The van der Waals surface area contributed by atoms with Gasteiger partial charge in [0.15, 0.2) is 11.6 Å². The summed E-state index contributed by atoms with van der Waals surface area (Å²) in [5.74, 6) is -0.461. The summed E-state index contributed by atoms with van der Waals surface area (Å²) >= 11 is 0. The first-order chi connectivity index (χ1) is 17.1. The van der Waals surface area contributed by atoms with E-state index in [1.807, 2.05) is 6.08 Å². The first kappa shape index (κ1) is 25.2. The van der Waals surface area contributed by atoms with E-state index in [9.17, 15) is 8.78 Å². The maximum atomic E-state index is 14.4. The van der Waals surface area contributed by atoms with Crippen LogP contribution in [-0.2, 0) is 12.8 Å². The second kappa shape index (κ2) is 12.2. The van der Waals surface area contributed by atoms with Crippen LogP contribution < -0.4 is 4.74 Å². The van der Waals surface area contributed by atoms with Gasteiger partial charge in [-0.2, -0.15) is 4.39 Å². The van der Waals surface area contributed by atoms with Gasteiger partial charge in [-0.15, -0.1) is 6.58 Å². The van der Waals surface area contributed by atoms with Crippen LogP contribution in [0.4, 0.5) is 8.78 Å². The molecule has 3 aromatic rings. The van der Waals surface area contributed by atoms with Crippen LogP contribution in [0.5, 0.6) is 5.75 Å². The van der Waals surface area contributed by atoms with Crippen molar-refractivity contribution in [2.75, 3.05) is 6.61 Å². The highest BCUT2D eigenvalue weighted by Gasteiger charge is 2.23. The molecule has 0 amide bonds. The Bertz CT molecular complexity index is 1090. The van der Waals surface area contributed by atoms with Crippen molar-refractivity contribution in [1.82, 2.24) is 0 Å². The van der Waals surface area contributed by atoms with Crippen LogP contribution in [0.3, 0.4) is 0 Å². The minimum Gasteiger partial charge on any atom is -0.491 e. The Kier molecular flexibility index (Phi) is 8.74. The number of rotatable bonds is 10. The van der Waals surface area contributed by atoms with Crippen LogP contribution >= 0.6 is 0 Å². The molecule has 0 saturated heterocycles. The van der Waals surface area contributed by atoms with Crippen molar-refractivity contribution < 1.29 is 13.5 Å². The zero-order valence-corrected chi connectivity index (χ0v) is 20.7. The third-order valence-electron chi connectivity index (χ3n) is 7.40. The molecular formula is C32H36F2O. The molecule has 0 radical (unpaired) electrons. The Morgan fingerprint density at radius 2 is 1.49 bits per heavy atom. The van der Waals surface area contributed by atoms with E-state index in [4.69, 9.17) is 4.74 Å². The van der Waals surface area contributed by atoms with Crippen LogP contribution in [0.2, 0.25) is 0 Å². The molecule has 1 fully saturated rings. The van der Waals surface area contributed by atoms with Crippen molar-refractivity contribution in [3.05, 3.63) is 102 Å². The van der Waals surface area contributed by atoms with E-state index in [0.29, 0.717) is 30.4 Å². The number of ether oxygens (including phenoxy) is 1. The summed E-state index contributed by atoms with van der Waals surface area (Å²) in [6, 6.07) is 21.1. The smallest absolute Gasteiger partial charge is 0.200 e. The summed E-state index contributed by atoms with van der Waals surface area (Å²) in [6.45, 7) is 5.89. The molecule has 0 spiro atoms. The monoisotopic (exact) mass is 474 g/mol. The van der Waals surface area contributed by atoms with Gasteiger partial charge in [0.05, 0.1) is 6.61 Å². The fourth-order valence-electron chi connectivity index (χ4n) is 5.26. The minimum absolute atomic E-state index is 0.000749. The van der Waals surface area contributed by atoms with E-state index in [1.165, 1.54) is 22.3 Å². The first-order valence-electron chi connectivity index (χ1n) is 13.0. The Balaban J connectivity index is 1.28. The van der Waals surface area contributed by atoms with Crippen LogP contribution in [-0.4, -0.2) is 6.61 Å². The van der Waals surface area contributed by atoms with E-state index >= 15 is 0 Å². The summed E-state index contributed by atoms with van der Waals surface area (Å²) in [4.78, 5) is 0. The van der Waals surface area contributed by atoms with Gasteiger partial charge < -0.3 is 4.74 Å². The highest BCUT2D eigenvalue weighted by molar-refractivity contribution is 5.64. The molecule has 35 heavy (non-hydrogen) atoms. The number of halogens is 2. The van der Waals surface area contributed by atoms with Crippen LogP contribution in [0, 0.1) is 17.6 Å². The molecule has 184 valence electrons. The van der Waals surface area contributed by atoms with Crippen molar-refractivity contribution in [3.8, 4) is 16.9 Å². The number of hydrogen-bond acceptors (Lipinski definition) is 1. The van der Waals surface area contributed by atoms with Gasteiger partial charge in [0.25, 0.3) is 0 Å². The second-order valence-electron chi connectivity index (χ2n) is 9.69. The molecule has 0 heterocycles. The summed E-state index contributed by atoms with van der Waals surface area (Å²) in [6.07, 6.45) is 10.1. The lowest BCUT2D eigenvalue weighted by molar-refractivity contribution is 0.305. The average Bonchev–Trinajstić information content (AvgIpc) is 2.90. The maximum Gasteiger partial charge on any atom is 0.200 e. The predicted octanol–water partition coefficient (Wildman–Crippen LogP) is 9.06. The van der Waals surface area contributed by atoms with E-state index in [0.717, 1.165) is 44.9 Å². The lowest BCUT2D eigenvalue weighted by atomic mass is 9.76.